The van der Waals surface area contributed by atoms with Gasteiger partial charge in [-0.15, -0.1) is 11.8 Å². The Balaban J connectivity index is 1.21. The lowest BCUT2D eigenvalue weighted by Gasteiger charge is -2.61. The molecule has 9 atom stereocenters. The van der Waals surface area contributed by atoms with E-state index in [0.717, 1.165) is 49.0 Å². The van der Waals surface area contributed by atoms with Crippen LogP contribution in [0.1, 0.15) is 70.1 Å². The minimum Gasteiger partial charge on any atom is -0.453 e. The van der Waals surface area contributed by atoms with Crippen LogP contribution >= 0.6 is 11.8 Å². The SMILES string of the molecule is CC12Cc3cnn(-c4ccc(F)cc4)c3C=C1CCC1C2C(O)CC2(C)C1CCC2(OC(=O)C1CCCO1)C(O)SCCO. The first kappa shape index (κ1) is 30.4. The summed E-state index contributed by atoms with van der Waals surface area (Å²) < 4.78 is 27.5. The van der Waals surface area contributed by atoms with Crippen LogP contribution < -0.4 is 0 Å². The Morgan fingerprint density at radius 2 is 2.05 bits per heavy atom. The molecule has 2 aromatic rings. The molecule has 0 amide bonds. The zero-order valence-corrected chi connectivity index (χ0v) is 26.3. The van der Waals surface area contributed by atoms with E-state index in [1.807, 2.05) is 10.9 Å². The van der Waals surface area contributed by atoms with E-state index in [4.69, 9.17) is 9.47 Å². The van der Waals surface area contributed by atoms with Crippen LogP contribution in [0.25, 0.3) is 11.8 Å². The number of carbonyl (C=O) groups excluding carboxylic acids is 1. The monoisotopic (exact) mass is 626 g/mol. The second-order valence-electron chi connectivity index (χ2n) is 14.0. The number of halogens is 1. The molecule has 1 aliphatic heterocycles. The lowest BCUT2D eigenvalue weighted by atomic mass is 9.45. The van der Waals surface area contributed by atoms with Gasteiger partial charge in [-0.05, 0) is 110 Å². The lowest BCUT2D eigenvalue weighted by molar-refractivity contribution is -0.217. The standard InChI is InChI=1S/C34H43FN2O6S/c1-32-17-20-19-36-37(23-8-6-22(35)7-9-23)26(20)16-21(32)5-10-24-25-11-12-34(31(41)44-15-13-38,33(25,2)18-27(39)29(24)32)43-30(40)28-4-3-14-42-28/h6-9,16,19,24-25,27-29,31,38-39,41H,3-5,10-15,17-18H2,1-2H3. The molecule has 9 unspecified atom stereocenters. The quantitative estimate of drug-likeness (QED) is 0.300. The van der Waals surface area contributed by atoms with Crippen LogP contribution in [0.2, 0.25) is 0 Å². The van der Waals surface area contributed by atoms with E-state index in [1.54, 1.807) is 12.1 Å². The zero-order valence-electron chi connectivity index (χ0n) is 25.5. The highest BCUT2D eigenvalue weighted by atomic mass is 32.2. The molecule has 4 aliphatic carbocycles. The molecule has 3 saturated carbocycles. The first-order valence-corrected chi connectivity index (χ1v) is 17.1. The van der Waals surface area contributed by atoms with Crippen molar-refractivity contribution in [1.82, 2.24) is 9.78 Å². The van der Waals surface area contributed by atoms with Crippen molar-refractivity contribution in [3.8, 4) is 5.69 Å². The largest absolute Gasteiger partial charge is 0.453 e. The van der Waals surface area contributed by atoms with Gasteiger partial charge >= 0.3 is 5.97 Å². The van der Waals surface area contributed by atoms with Crippen molar-refractivity contribution in [2.75, 3.05) is 19.0 Å². The minimum atomic E-state index is -1.18. The maximum absolute atomic E-state index is 13.6. The highest BCUT2D eigenvalue weighted by Crippen LogP contribution is 2.69. The molecular weight excluding hydrogens is 583 g/mol. The number of aliphatic hydroxyl groups is 3. The van der Waals surface area contributed by atoms with Crippen molar-refractivity contribution in [3.05, 3.63) is 53.1 Å². The number of aromatic nitrogens is 2. The highest BCUT2D eigenvalue weighted by molar-refractivity contribution is 7.99. The molecule has 10 heteroatoms. The van der Waals surface area contributed by atoms with Gasteiger partial charge in [-0.2, -0.15) is 5.10 Å². The van der Waals surface area contributed by atoms with E-state index in [-0.39, 0.29) is 35.6 Å². The number of ether oxygens (including phenoxy) is 2. The molecule has 8 nitrogen and oxygen atoms in total. The van der Waals surface area contributed by atoms with Gasteiger partial charge in [0.15, 0.2) is 11.7 Å². The second kappa shape index (κ2) is 11.2. The molecule has 7 rings (SSSR count). The van der Waals surface area contributed by atoms with Crippen LogP contribution in [-0.4, -0.2) is 73.3 Å². The Morgan fingerprint density at radius 3 is 2.77 bits per heavy atom. The fraction of sp³-hybridized carbons (Fsp3) is 0.647. The molecular formula is C34H43FN2O6S. The molecule has 2 heterocycles. The topological polar surface area (TPSA) is 114 Å². The number of rotatable bonds is 7. The average molecular weight is 627 g/mol. The van der Waals surface area contributed by atoms with Crippen molar-refractivity contribution >= 4 is 23.8 Å². The minimum absolute atomic E-state index is 0.00907. The lowest BCUT2D eigenvalue weighted by Crippen LogP contribution is -2.63. The summed E-state index contributed by atoms with van der Waals surface area (Å²) in [6, 6.07) is 6.37. The van der Waals surface area contributed by atoms with Gasteiger partial charge in [0.05, 0.1) is 30.3 Å². The normalized spacial score (nSPS) is 38.2. The molecule has 1 saturated heterocycles. The summed E-state index contributed by atoms with van der Waals surface area (Å²) >= 11 is 1.22. The number of allylic oxidation sites excluding steroid dienone is 1. The van der Waals surface area contributed by atoms with E-state index in [9.17, 15) is 24.5 Å². The maximum atomic E-state index is 13.6. The van der Waals surface area contributed by atoms with Crippen LogP contribution in [0.5, 0.6) is 0 Å². The Hall–Kier alpha value is -2.24. The molecule has 0 bridgehead atoms. The summed E-state index contributed by atoms with van der Waals surface area (Å²) in [4.78, 5) is 13.4. The molecule has 3 N–H and O–H groups in total. The number of hydrogen-bond acceptors (Lipinski definition) is 8. The smallest absolute Gasteiger partial charge is 0.335 e. The fourth-order valence-electron chi connectivity index (χ4n) is 9.93. The van der Waals surface area contributed by atoms with Crippen molar-refractivity contribution < 1.29 is 34.0 Å². The number of fused-ring (bicyclic) bond motifs is 6. The van der Waals surface area contributed by atoms with Gasteiger partial charge in [0.2, 0.25) is 0 Å². The molecule has 1 aromatic heterocycles. The average Bonchev–Trinajstić information content (AvgIpc) is 3.73. The fourth-order valence-corrected chi connectivity index (χ4v) is 11.0. The number of esters is 1. The summed E-state index contributed by atoms with van der Waals surface area (Å²) in [5.41, 5.74) is 1.14. The molecule has 4 fully saturated rings. The first-order valence-electron chi connectivity index (χ1n) is 16.1. The maximum Gasteiger partial charge on any atom is 0.335 e. The molecule has 1 aromatic carbocycles. The van der Waals surface area contributed by atoms with Crippen LogP contribution in [0.4, 0.5) is 4.39 Å². The van der Waals surface area contributed by atoms with Gasteiger partial charge in [0, 0.05) is 17.8 Å². The summed E-state index contributed by atoms with van der Waals surface area (Å²) in [7, 11) is 0. The van der Waals surface area contributed by atoms with Gasteiger partial charge < -0.3 is 24.8 Å². The number of hydrogen-bond donors (Lipinski definition) is 3. The summed E-state index contributed by atoms with van der Waals surface area (Å²) in [5, 5.41) is 38.0. The van der Waals surface area contributed by atoms with Crippen molar-refractivity contribution in [1.29, 1.82) is 0 Å². The van der Waals surface area contributed by atoms with E-state index in [0.29, 0.717) is 31.6 Å². The molecule has 5 aliphatic rings. The third-order valence-corrected chi connectivity index (χ3v) is 13.0. The molecule has 44 heavy (non-hydrogen) atoms. The van der Waals surface area contributed by atoms with E-state index < -0.39 is 34.6 Å². The third kappa shape index (κ3) is 4.54. The third-order valence-electron chi connectivity index (χ3n) is 11.9. The number of thioether (sulfide) groups is 1. The van der Waals surface area contributed by atoms with Crippen LogP contribution in [0, 0.1) is 34.4 Å². The van der Waals surface area contributed by atoms with Gasteiger partial charge in [-0.3, -0.25) is 0 Å². The highest BCUT2D eigenvalue weighted by Gasteiger charge is 2.70. The van der Waals surface area contributed by atoms with Crippen molar-refractivity contribution in [2.45, 2.75) is 88.5 Å². The number of benzene rings is 1. The first-order chi connectivity index (χ1) is 21.1. The summed E-state index contributed by atoms with van der Waals surface area (Å²) in [6.45, 7) is 4.83. The molecule has 0 radical (unpaired) electrons. The van der Waals surface area contributed by atoms with Gasteiger partial charge in [-0.1, -0.05) is 19.4 Å². The predicted octanol–water partition coefficient (Wildman–Crippen LogP) is 4.67. The summed E-state index contributed by atoms with van der Waals surface area (Å²) in [5.74, 6) is -0.0273. The number of aliphatic hydroxyl groups excluding tert-OH is 3. The Bertz CT molecular complexity index is 1440. The number of nitrogens with zero attached hydrogens (tertiary/aromatic N) is 2. The van der Waals surface area contributed by atoms with E-state index in [1.165, 1.54) is 29.5 Å². The predicted molar refractivity (Wildman–Crippen MR) is 164 cm³/mol. The van der Waals surface area contributed by atoms with E-state index in [2.05, 4.69) is 25.0 Å². The van der Waals surface area contributed by atoms with Crippen molar-refractivity contribution in [2.24, 2.45) is 28.6 Å². The van der Waals surface area contributed by atoms with Gasteiger partial charge in [0.25, 0.3) is 0 Å². The van der Waals surface area contributed by atoms with Crippen LogP contribution in [-0.2, 0) is 20.7 Å². The van der Waals surface area contributed by atoms with Gasteiger partial charge in [-0.25, -0.2) is 13.9 Å². The van der Waals surface area contributed by atoms with Crippen LogP contribution in [0.3, 0.4) is 0 Å². The van der Waals surface area contributed by atoms with Crippen molar-refractivity contribution in [3.63, 3.8) is 0 Å². The Kier molecular flexibility index (Phi) is 7.76. The van der Waals surface area contributed by atoms with Gasteiger partial charge in [0.1, 0.15) is 11.3 Å². The Morgan fingerprint density at radius 1 is 1.25 bits per heavy atom. The molecule has 238 valence electrons. The van der Waals surface area contributed by atoms with Crippen LogP contribution in [0.15, 0.2) is 36.0 Å². The summed E-state index contributed by atoms with van der Waals surface area (Å²) in [6.07, 6.45) is 8.53. The number of carbonyl (C=O) groups is 1. The second-order valence-corrected chi connectivity index (χ2v) is 15.2. The zero-order chi connectivity index (χ0) is 30.9. The van der Waals surface area contributed by atoms with E-state index >= 15 is 0 Å². The Labute approximate surface area is 262 Å². The molecule has 0 spiro atoms.